The Kier molecular flexibility index (Phi) is 10.9. The van der Waals surface area contributed by atoms with Gasteiger partial charge in [0.05, 0.1) is 16.4 Å². The average Bonchev–Trinajstić information content (AvgIpc) is 3.32. The van der Waals surface area contributed by atoms with Gasteiger partial charge in [0.2, 0.25) is 0 Å². The lowest BCUT2D eigenvalue weighted by Crippen LogP contribution is -2.64. The Morgan fingerprint density at radius 3 is 1.42 bits per heavy atom. The van der Waals surface area contributed by atoms with Crippen LogP contribution in [0.5, 0.6) is 0 Å². The van der Waals surface area contributed by atoms with Crippen LogP contribution in [-0.2, 0) is 0 Å². The number of anilines is 9. The Hall–Kier alpha value is -9.20. The third-order valence-corrected chi connectivity index (χ3v) is 18.4. The first kappa shape index (κ1) is 45.9. The van der Waals surface area contributed by atoms with Crippen molar-refractivity contribution < 1.29 is 0 Å². The summed E-state index contributed by atoms with van der Waals surface area (Å²) in [6, 6.07) is 102. The minimum Gasteiger partial charge on any atom is -0.311 e. The molecule has 11 aromatic carbocycles. The molecule has 4 aliphatic rings. The predicted molar refractivity (Wildman–Crippen MR) is 335 cm³/mol. The fraction of sp³-hybridized carbons (Fsp3) is 0. The van der Waals surface area contributed by atoms with Crippen molar-refractivity contribution in [3.63, 3.8) is 0 Å². The Bertz CT molecular complexity index is 4310. The highest BCUT2D eigenvalue weighted by Gasteiger charge is 2.47. The van der Waals surface area contributed by atoms with Gasteiger partial charge in [-0.3, -0.25) is 4.90 Å². The molecule has 1 aromatic heterocycles. The first-order chi connectivity index (χ1) is 39.2. The van der Waals surface area contributed by atoms with Gasteiger partial charge in [-0.2, -0.15) is 0 Å². The first-order valence-electron chi connectivity index (χ1n) is 27.0. The van der Waals surface area contributed by atoms with Crippen LogP contribution in [0.4, 0.5) is 51.3 Å². The van der Waals surface area contributed by atoms with Crippen molar-refractivity contribution in [2.75, 3.05) is 14.7 Å². The predicted octanol–water partition coefficient (Wildman–Crippen LogP) is 15.1. The Morgan fingerprint density at radius 2 is 0.785 bits per heavy atom. The lowest BCUT2D eigenvalue weighted by atomic mass is 9.32. The molecule has 5 heterocycles. The minimum atomic E-state index is -0.120. The van der Waals surface area contributed by atoms with Gasteiger partial charge in [-0.15, -0.1) is 0 Å². The molecule has 12 aromatic rings. The summed E-state index contributed by atoms with van der Waals surface area (Å²) in [4.78, 5) is 17.4. The molecule has 8 heteroatoms. The molecule has 0 radical (unpaired) electrons. The van der Waals surface area contributed by atoms with E-state index in [1.54, 1.807) is 0 Å². The summed E-state index contributed by atoms with van der Waals surface area (Å²) < 4.78 is 0. The SMILES string of the molecule is c1ccc(-c2cc3c4c(c2)N(c2ccccc2-c2ccccc2)c2nc5c(cc2B4c2ccccc2S3)B2c3ccccc3N(c3ccccc3-c3ccccc3)c3cc(N(c4ccccc4)c4ccccc4)cc(c32)S5)cc1. The molecule has 0 saturated heterocycles. The molecule has 4 nitrogen and oxygen atoms in total. The number of benzene rings is 11. The normalized spacial score (nSPS) is 13.1. The summed E-state index contributed by atoms with van der Waals surface area (Å²) in [6.07, 6.45) is 0. The van der Waals surface area contributed by atoms with Crippen molar-refractivity contribution in [2.24, 2.45) is 0 Å². The summed E-state index contributed by atoms with van der Waals surface area (Å²) in [5, 5.41) is 1.02. The zero-order chi connectivity index (χ0) is 52.0. The van der Waals surface area contributed by atoms with Crippen molar-refractivity contribution >= 4 is 121 Å². The number of nitrogens with zero attached hydrogens (tertiary/aromatic N) is 4. The molecule has 0 atom stereocenters. The van der Waals surface area contributed by atoms with Gasteiger partial charge in [0, 0.05) is 59.9 Å². The van der Waals surface area contributed by atoms with Gasteiger partial charge in [-0.05, 0) is 122 Å². The lowest BCUT2D eigenvalue weighted by Gasteiger charge is -2.43. The van der Waals surface area contributed by atoms with E-state index < -0.39 is 0 Å². The standard InChI is InChI=1S/C71H46B2N4S2/c1-6-24-47(25-7-1)50-42-63-68-66(43-50)78-65-41-23-19-37-57(65)73(68)58-46-59-71(74-70(58)77(63)61-39-21-17-35-55(61)49-28-10-3-11-29-49)79-67-45-53(75(51-30-12-4-13-31-51)52-32-14-5-15-33-52)44-64-69(67)72(59)56-36-18-22-40-62(56)76(64)60-38-20-16-34-54(60)48-26-8-2-9-27-48/h1-46H. The monoisotopic (exact) mass is 1040 g/mol. The highest BCUT2D eigenvalue weighted by molar-refractivity contribution is 8.00. The van der Waals surface area contributed by atoms with E-state index in [4.69, 9.17) is 4.98 Å². The maximum atomic E-state index is 6.17. The van der Waals surface area contributed by atoms with E-state index in [1.807, 2.05) is 23.5 Å². The fourth-order valence-corrected chi connectivity index (χ4v) is 15.1. The molecule has 0 bridgehead atoms. The third-order valence-electron chi connectivity index (χ3n) is 16.1. The van der Waals surface area contributed by atoms with E-state index in [0.29, 0.717) is 0 Å². The van der Waals surface area contributed by atoms with Crippen LogP contribution in [0.15, 0.2) is 299 Å². The smallest absolute Gasteiger partial charge is 0.251 e. The van der Waals surface area contributed by atoms with Crippen molar-refractivity contribution in [1.29, 1.82) is 0 Å². The Balaban J connectivity index is 0.989. The van der Waals surface area contributed by atoms with E-state index in [1.165, 1.54) is 69.7 Å². The first-order valence-corrected chi connectivity index (χ1v) is 28.6. The number of hydrogen-bond acceptors (Lipinski definition) is 6. The van der Waals surface area contributed by atoms with Gasteiger partial charge < -0.3 is 9.80 Å². The van der Waals surface area contributed by atoms with E-state index in [0.717, 1.165) is 67.5 Å². The van der Waals surface area contributed by atoms with Crippen LogP contribution in [0.3, 0.4) is 0 Å². The molecule has 0 spiro atoms. The zero-order valence-corrected chi connectivity index (χ0v) is 44.5. The number of rotatable bonds is 8. The van der Waals surface area contributed by atoms with Gasteiger partial charge in [0.1, 0.15) is 5.82 Å². The maximum Gasteiger partial charge on any atom is 0.251 e. The van der Waals surface area contributed by atoms with Crippen LogP contribution in [-0.4, -0.2) is 18.4 Å². The van der Waals surface area contributed by atoms with Crippen LogP contribution >= 0.6 is 23.5 Å². The summed E-state index contributed by atoms with van der Waals surface area (Å²) in [6.45, 7) is -0.183. The summed E-state index contributed by atoms with van der Waals surface area (Å²) in [5.41, 5.74) is 23.6. The number of fused-ring (bicyclic) bond motifs is 8. The lowest BCUT2D eigenvalue weighted by molar-refractivity contribution is 1.10. The van der Waals surface area contributed by atoms with E-state index in [-0.39, 0.29) is 13.4 Å². The maximum absolute atomic E-state index is 6.17. The van der Waals surface area contributed by atoms with Crippen LogP contribution in [0.1, 0.15) is 0 Å². The molecule has 79 heavy (non-hydrogen) atoms. The van der Waals surface area contributed by atoms with Crippen LogP contribution < -0.4 is 47.5 Å². The molecule has 0 fully saturated rings. The molecule has 368 valence electrons. The number of aromatic nitrogens is 1. The minimum absolute atomic E-state index is 0.0631. The molecular weight excluding hydrogens is 995 g/mol. The zero-order valence-electron chi connectivity index (χ0n) is 42.8. The Labute approximate surface area is 469 Å². The highest BCUT2D eigenvalue weighted by Crippen LogP contribution is 2.50. The molecule has 4 aliphatic heterocycles. The van der Waals surface area contributed by atoms with Gasteiger partial charge >= 0.3 is 0 Å². The molecule has 0 unspecified atom stereocenters. The van der Waals surface area contributed by atoms with Gasteiger partial charge in [-0.1, -0.05) is 235 Å². The second-order valence-electron chi connectivity index (χ2n) is 20.6. The van der Waals surface area contributed by atoms with Crippen LogP contribution in [0.2, 0.25) is 0 Å². The number of hydrogen-bond donors (Lipinski definition) is 0. The van der Waals surface area contributed by atoms with Crippen molar-refractivity contribution in [2.45, 2.75) is 19.7 Å². The number of para-hydroxylation sites is 5. The highest BCUT2D eigenvalue weighted by atomic mass is 32.2. The van der Waals surface area contributed by atoms with Gasteiger partial charge in [0.15, 0.2) is 0 Å². The van der Waals surface area contributed by atoms with Gasteiger partial charge in [0.25, 0.3) is 13.4 Å². The van der Waals surface area contributed by atoms with Crippen LogP contribution in [0.25, 0.3) is 33.4 Å². The fourth-order valence-electron chi connectivity index (χ4n) is 12.8. The van der Waals surface area contributed by atoms with Crippen molar-refractivity contribution in [3.8, 4) is 33.4 Å². The molecule has 0 N–H and O–H groups in total. The van der Waals surface area contributed by atoms with Crippen molar-refractivity contribution in [3.05, 3.63) is 279 Å². The molecule has 0 aliphatic carbocycles. The third kappa shape index (κ3) is 7.46. The molecule has 0 saturated carbocycles. The van der Waals surface area contributed by atoms with E-state index >= 15 is 0 Å². The van der Waals surface area contributed by atoms with E-state index in [2.05, 4.69) is 294 Å². The average molecular weight is 1040 g/mol. The topological polar surface area (TPSA) is 22.6 Å². The summed E-state index contributed by atoms with van der Waals surface area (Å²) >= 11 is 3.71. The Morgan fingerprint density at radius 1 is 0.304 bits per heavy atom. The second-order valence-corrected chi connectivity index (χ2v) is 22.7. The van der Waals surface area contributed by atoms with Crippen LogP contribution in [0, 0.1) is 0 Å². The molecular formula is C71H46B2N4S2. The van der Waals surface area contributed by atoms with E-state index in [9.17, 15) is 0 Å². The largest absolute Gasteiger partial charge is 0.311 e. The summed E-state index contributed by atoms with van der Waals surface area (Å²) in [7, 11) is 0. The summed E-state index contributed by atoms with van der Waals surface area (Å²) in [5.74, 6) is 0.961. The second kappa shape index (κ2) is 18.8. The molecule has 16 rings (SSSR count). The van der Waals surface area contributed by atoms with Crippen molar-refractivity contribution in [1.82, 2.24) is 4.98 Å². The molecule has 0 amide bonds. The van der Waals surface area contributed by atoms with Gasteiger partial charge in [-0.25, -0.2) is 4.98 Å². The number of pyridine rings is 1. The quantitative estimate of drug-likeness (QED) is 0.141.